The van der Waals surface area contributed by atoms with Gasteiger partial charge in [-0.2, -0.15) is 0 Å². The molecule has 1 saturated heterocycles. The van der Waals surface area contributed by atoms with Crippen LogP contribution in [0.4, 0.5) is 4.79 Å². The molecule has 2 N–H and O–H groups in total. The van der Waals surface area contributed by atoms with Crippen molar-refractivity contribution in [1.82, 2.24) is 4.90 Å². The van der Waals surface area contributed by atoms with Crippen molar-refractivity contribution in [2.45, 2.75) is 25.2 Å². The molecule has 1 aliphatic heterocycles. The van der Waals surface area contributed by atoms with Crippen molar-refractivity contribution in [3.8, 4) is 0 Å². The number of aliphatic hydroxyl groups is 2. The fourth-order valence-corrected chi connectivity index (χ4v) is 2.09. The van der Waals surface area contributed by atoms with E-state index in [2.05, 4.69) is 0 Å². The lowest BCUT2D eigenvalue weighted by Crippen LogP contribution is -2.42. The summed E-state index contributed by atoms with van der Waals surface area (Å²) in [5.74, 6) is 0. The maximum atomic E-state index is 11.8. The zero-order chi connectivity index (χ0) is 13.0. The van der Waals surface area contributed by atoms with Crippen molar-refractivity contribution >= 4 is 6.09 Å². The van der Waals surface area contributed by atoms with Crippen LogP contribution >= 0.6 is 0 Å². The van der Waals surface area contributed by atoms with Crippen LogP contribution in [0.25, 0.3) is 0 Å². The van der Waals surface area contributed by atoms with Crippen molar-refractivity contribution < 1.29 is 19.7 Å². The van der Waals surface area contributed by atoms with Gasteiger partial charge in [0.05, 0.1) is 18.8 Å². The molecule has 1 aromatic carbocycles. The molecule has 1 fully saturated rings. The number of carbonyl (C=O) groups excluding carboxylic acids is 1. The van der Waals surface area contributed by atoms with Crippen LogP contribution in [0.1, 0.15) is 12.0 Å². The summed E-state index contributed by atoms with van der Waals surface area (Å²) in [6, 6.07) is 8.83. The van der Waals surface area contributed by atoms with Gasteiger partial charge in [-0.3, -0.25) is 0 Å². The van der Waals surface area contributed by atoms with E-state index in [-0.39, 0.29) is 13.2 Å². The highest BCUT2D eigenvalue weighted by Gasteiger charge is 2.36. The Balaban J connectivity index is 1.88. The first-order valence-electron chi connectivity index (χ1n) is 5.98. The largest absolute Gasteiger partial charge is 0.445 e. The molecule has 0 radical (unpaired) electrons. The monoisotopic (exact) mass is 251 g/mol. The zero-order valence-electron chi connectivity index (χ0n) is 10.0. The number of benzene rings is 1. The number of likely N-dealkylation sites (tertiary alicyclic amines) is 1. The molecule has 0 aliphatic carbocycles. The summed E-state index contributed by atoms with van der Waals surface area (Å²) in [4.78, 5) is 13.2. The van der Waals surface area contributed by atoms with Crippen molar-refractivity contribution in [3.05, 3.63) is 35.9 Å². The van der Waals surface area contributed by atoms with E-state index in [0.29, 0.717) is 13.0 Å². The normalized spacial score (nSPS) is 23.1. The molecular weight excluding hydrogens is 234 g/mol. The van der Waals surface area contributed by atoms with Gasteiger partial charge in [-0.1, -0.05) is 30.3 Å². The van der Waals surface area contributed by atoms with Crippen LogP contribution < -0.4 is 0 Å². The Labute approximate surface area is 106 Å². The Hall–Kier alpha value is -1.59. The summed E-state index contributed by atoms with van der Waals surface area (Å²) in [6.45, 7) is 0.367. The van der Waals surface area contributed by atoms with Gasteiger partial charge in [-0.25, -0.2) is 4.79 Å². The third-order valence-electron chi connectivity index (χ3n) is 3.14. The van der Waals surface area contributed by atoms with Crippen LogP contribution in [0.2, 0.25) is 0 Å². The fraction of sp³-hybridized carbons (Fsp3) is 0.462. The van der Waals surface area contributed by atoms with Crippen molar-refractivity contribution in [1.29, 1.82) is 0 Å². The van der Waals surface area contributed by atoms with Crippen LogP contribution in [-0.4, -0.2) is 46.5 Å². The lowest BCUT2D eigenvalue weighted by Gasteiger charge is -2.23. The van der Waals surface area contributed by atoms with Gasteiger partial charge >= 0.3 is 6.09 Å². The number of hydrogen-bond acceptors (Lipinski definition) is 4. The van der Waals surface area contributed by atoms with E-state index < -0.39 is 18.2 Å². The number of amides is 1. The third kappa shape index (κ3) is 2.80. The summed E-state index contributed by atoms with van der Waals surface area (Å²) in [5.41, 5.74) is 0.908. The highest BCUT2D eigenvalue weighted by atomic mass is 16.6. The average Bonchev–Trinajstić information content (AvgIpc) is 2.78. The highest BCUT2D eigenvalue weighted by molar-refractivity contribution is 5.68. The summed E-state index contributed by atoms with van der Waals surface area (Å²) >= 11 is 0. The molecule has 1 aliphatic rings. The van der Waals surface area contributed by atoms with Gasteiger partial charge in [0, 0.05) is 6.54 Å². The molecule has 1 aromatic rings. The first-order valence-corrected chi connectivity index (χ1v) is 5.98. The Morgan fingerprint density at radius 2 is 2.11 bits per heavy atom. The zero-order valence-corrected chi connectivity index (χ0v) is 10.0. The molecule has 0 bridgehead atoms. The van der Waals surface area contributed by atoms with Crippen LogP contribution in [0.15, 0.2) is 30.3 Å². The van der Waals surface area contributed by atoms with Gasteiger partial charge in [0.15, 0.2) is 0 Å². The molecule has 5 heteroatoms. The number of ether oxygens (including phenoxy) is 1. The van der Waals surface area contributed by atoms with E-state index in [1.807, 2.05) is 30.3 Å². The van der Waals surface area contributed by atoms with Crippen LogP contribution in [-0.2, 0) is 11.3 Å². The molecule has 98 valence electrons. The van der Waals surface area contributed by atoms with Crippen molar-refractivity contribution in [2.24, 2.45) is 0 Å². The Morgan fingerprint density at radius 1 is 1.39 bits per heavy atom. The summed E-state index contributed by atoms with van der Waals surface area (Å²) in [6.07, 6.45) is -0.681. The minimum absolute atomic E-state index is 0.199. The molecule has 1 amide bonds. The lowest BCUT2D eigenvalue weighted by atomic mass is 10.2. The summed E-state index contributed by atoms with van der Waals surface area (Å²) < 4.78 is 5.16. The molecule has 0 saturated carbocycles. The lowest BCUT2D eigenvalue weighted by molar-refractivity contribution is 0.0490. The van der Waals surface area contributed by atoms with Gasteiger partial charge in [0.1, 0.15) is 6.61 Å². The van der Waals surface area contributed by atoms with E-state index >= 15 is 0 Å². The van der Waals surface area contributed by atoms with E-state index in [9.17, 15) is 9.90 Å². The summed E-state index contributed by atoms with van der Waals surface area (Å²) in [5, 5.41) is 18.7. The first kappa shape index (κ1) is 12.9. The molecule has 5 nitrogen and oxygen atoms in total. The molecule has 2 atom stereocenters. The smallest absolute Gasteiger partial charge is 0.410 e. The maximum Gasteiger partial charge on any atom is 0.410 e. The second-order valence-electron chi connectivity index (χ2n) is 4.34. The van der Waals surface area contributed by atoms with Gasteiger partial charge in [0.25, 0.3) is 0 Å². The number of rotatable bonds is 3. The van der Waals surface area contributed by atoms with E-state index in [1.54, 1.807) is 0 Å². The van der Waals surface area contributed by atoms with Gasteiger partial charge in [-0.05, 0) is 12.0 Å². The topological polar surface area (TPSA) is 70.0 Å². The molecular formula is C13H17NO4. The standard InChI is InChI=1S/C13H17NO4/c15-8-11-12(16)6-7-14(11)13(17)18-9-10-4-2-1-3-5-10/h1-5,11-12,15-16H,6-9H2/t11-,12?/m1/s1. The van der Waals surface area contributed by atoms with Crippen LogP contribution in [0, 0.1) is 0 Å². The minimum atomic E-state index is -0.667. The number of nitrogens with zero attached hydrogens (tertiary/aromatic N) is 1. The second kappa shape index (κ2) is 5.84. The number of hydrogen-bond donors (Lipinski definition) is 2. The molecule has 1 heterocycles. The van der Waals surface area contributed by atoms with E-state index in [1.165, 1.54) is 4.90 Å². The highest BCUT2D eigenvalue weighted by Crippen LogP contribution is 2.19. The third-order valence-corrected chi connectivity index (χ3v) is 3.14. The van der Waals surface area contributed by atoms with Gasteiger partial charge < -0.3 is 19.8 Å². The first-order chi connectivity index (χ1) is 8.72. The Kier molecular flexibility index (Phi) is 4.17. The van der Waals surface area contributed by atoms with Crippen LogP contribution in [0.5, 0.6) is 0 Å². The van der Waals surface area contributed by atoms with Crippen molar-refractivity contribution in [3.63, 3.8) is 0 Å². The predicted molar refractivity (Wildman–Crippen MR) is 64.8 cm³/mol. The van der Waals surface area contributed by atoms with Gasteiger partial charge in [-0.15, -0.1) is 0 Å². The second-order valence-corrected chi connectivity index (χ2v) is 4.34. The van der Waals surface area contributed by atoms with Gasteiger partial charge in [0.2, 0.25) is 0 Å². The number of carbonyl (C=O) groups is 1. The molecule has 2 rings (SSSR count). The quantitative estimate of drug-likeness (QED) is 0.831. The molecule has 1 unspecified atom stereocenters. The molecule has 0 spiro atoms. The predicted octanol–water partition coefficient (Wildman–Crippen LogP) is 0.751. The minimum Gasteiger partial charge on any atom is -0.445 e. The number of aliphatic hydroxyl groups excluding tert-OH is 2. The van der Waals surface area contributed by atoms with Crippen molar-refractivity contribution in [2.75, 3.05) is 13.2 Å². The average molecular weight is 251 g/mol. The summed E-state index contributed by atoms with van der Waals surface area (Å²) in [7, 11) is 0. The fourth-order valence-electron chi connectivity index (χ4n) is 2.09. The Bertz CT molecular complexity index is 395. The molecule has 0 aromatic heterocycles. The van der Waals surface area contributed by atoms with Crippen LogP contribution in [0.3, 0.4) is 0 Å². The molecule has 18 heavy (non-hydrogen) atoms. The Morgan fingerprint density at radius 3 is 2.78 bits per heavy atom. The maximum absolute atomic E-state index is 11.8. The van der Waals surface area contributed by atoms with E-state index in [4.69, 9.17) is 9.84 Å². The van der Waals surface area contributed by atoms with E-state index in [0.717, 1.165) is 5.56 Å². The SMILES string of the molecule is O=C(OCc1ccccc1)N1CCC(O)[C@H]1CO.